The fraction of sp³-hybridized carbons (Fsp3) is 0.125. The minimum atomic E-state index is -0.130. The van der Waals surface area contributed by atoms with E-state index in [2.05, 4.69) is 10.6 Å². The third-order valence-corrected chi connectivity index (χ3v) is 3.55. The summed E-state index contributed by atoms with van der Waals surface area (Å²) in [7, 11) is 0. The van der Waals surface area contributed by atoms with Crippen LogP contribution in [-0.4, -0.2) is 11.8 Å². The molecule has 2 amide bonds. The highest BCUT2D eigenvalue weighted by molar-refractivity contribution is 7.09. The van der Waals surface area contributed by atoms with Crippen LogP contribution in [-0.2, 0) is 16.1 Å². The van der Waals surface area contributed by atoms with Crippen LogP contribution in [0.2, 0.25) is 0 Å². The van der Waals surface area contributed by atoms with E-state index in [9.17, 15) is 9.59 Å². The van der Waals surface area contributed by atoms with Gasteiger partial charge in [0.2, 0.25) is 11.8 Å². The van der Waals surface area contributed by atoms with E-state index in [1.54, 1.807) is 29.5 Å². The Labute approximate surface area is 127 Å². The summed E-state index contributed by atoms with van der Waals surface area (Å²) in [4.78, 5) is 23.7. The molecule has 4 nitrogen and oxygen atoms in total. The molecular weight excluding hydrogens is 284 g/mol. The number of nitrogens with one attached hydrogen (secondary N) is 2. The number of anilines is 1. The highest BCUT2D eigenvalue weighted by Gasteiger charge is 1.98. The number of rotatable bonds is 5. The number of carbonyl (C=O) groups excluding carboxylic acids is 2. The second-order valence-corrected chi connectivity index (χ2v) is 5.47. The second-order valence-electron chi connectivity index (χ2n) is 4.43. The van der Waals surface area contributed by atoms with Gasteiger partial charge in [0.15, 0.2) is 0 Å². The molecule has 0 radical (unpaired) electrons. The van der Waals surface area contributed by atoms with Crippen LogP contribution in [0.3, 0.4) is 0 Å². The maximum Gasteiger partial charge on any atom is 0.244 e. The van der Waals surface area contributed by atoms with E-state index in [4.69, 9.17) is 0 Å². The van der Waals surface area contributed by atoms with E-state index < -0.39 is 0 Å². The smallest absolute Gasteiger partial charge is 0.244 e. The molecule has 0 bridgehead atoms. The number of amides is 2. The molecule has 1 aromatic heterocycles. The summed E-state index contributed by atoms with van der Waals surface area (Å²) in [5.74, 6) is -0.236. The van der Waals surface area contributed by atoms with Gasteiger partial charge in [-0.3, -0.25) is 9.59 Å². The van der Waals surface area contributed by atoms with Crippen LogP contribution in [0.5, 0.6) is 0 Å². The van der Waals surface area contributed by atoms with Crippen molar-refractivity contribution >= 4 is 34.9 Å². The van der Waals surface area contributed by atoms with Crippen molar-refractivity contribution in [1.82, 2.24) is 5.32 Å². The van der Waals surface area contributed by atoms with Crippen molar-refractivity contribution in [3.05, 3.63) is 58.3 Å². The molecule has 0 aliphatic heterocycles. The summed E-state index contributed by atoms with van der Waals surface area (Å²) in [5, 5.41) is 7.49. The van der Waals surface area contributed by atoms with Crippen molar-refractivity contribution in [1.29, 1.82) is 0 Å². The van der Waals surface area contributed by atoms with Gasteiger partial charge in [0, 0.05) is 23.6 Å². The first-order chi connectivity index (χ1) is 10.1. The molecule has 21 heavy (non-hydrogen) atoms. The molecule has 0 saturated heterocycles. The molecule has 0 atom stereocenters. The van der Waals surface area contributed by atoms with Crippen LogP contribution in [0.4, 0.5) is 5.69 Å². The number of carbonyl (C=O) groups is 2. The molecular formula is C16H16N2O2S. The lowest BCUT2D eigenvalue weighted by Crippen LogP contribution is -2.19. The Morgan fingerprint density at radius 2 is 1.95 bits per heavy atom. The summed E-state index contributed by atoms with van der Waals surface area (Å²) >= 11 is 1.61. The Balaban J connectivity index is 1.85. The molecule has 1 aromatic carbocycles. The van der Waals surface area contributed by atoms with Gasteiger partial charge < -0.3 is 10.6 Å². The number of thiophene rings is 1. The Hall–Kier alpha value is -2.40. The van der Waals surface area contributed by atoms with Crippen LogP contribution < -0.4 is 10.6 Å². The Kier molecular flexibility index (Phi) is 5.29. The number of benzene rings is 1. The number of hydrogen-bond donors (Lipinski definition) is 2. The summed E-state index contributed by atoms with van der Waals surface area (Å²) in [5.41, 5.74) is 1.64. The summed E-state index contributed by atoms with van der Waals surface area (Å²) in [6.45, 7) is 2.01. The molecule has 5 heteroatoms. The normalized spacial score (nSPS) is 10.5. The second kappa shape index (κ2) is 7.40. The summed E-state index contributed by atoms with van der Waals surface area (Å²) in [6.07, 6.45) is 3.24. The van der Waals surface area contributed by atoms with Crippen molar-refractivity contribution in [2.75, 3.05) is 5.32 Å². The monoisotopic (exact) mass is 300 g/mol. The van der Waals surface area contributed by atoms with Gasteiger partial charge >= 0.3 is 0 Å². The van der Waals surface area contributed by atoms with Gasteiger partial charge in [-0.15, -0.1) is 11.3 Å². The zero-order valence-electron chi connectivity index (χ0n) is 11.6. The van der Waals surface area contributed by atoms with Gasteiger partial charge in [0.05, 0.1) is 6.54 Å². The molecule has 0 spiro atoms. The van der Waals surface area contributed by atoms with E-state index in [-0.39, 0.29) is 11.8 Å². The Morgan fingerprint density at radius 3 is 2.57 bits per heavy atom. The molecule has 108 valence electrons. The van der Waals surface area contributed by atoms with Crippen molar-refractivity contribution < 1.29 is 9.59 Å². The standard InChI is InChI=1S/C16H16N2O2S/c1-12(19)18-14-7-4-13(5-8-14)6-9-16(20)17-11-15-3-2-10-21-15/h2-10H,11H2,1H3,(H,17,20)(H,18,19). The van der Waals surface area contributed by atoms with Crippen LogP contribution in [0.25, 0.3) is 6.08 Å². The lowest BCUT2D eigenvalue weighted by atomic mass is 10.2. The average molecular weight is 300 g/mol. The Morgan fingerprint density at radius 1 is 1.19 bits per heavy atom. The molecule has 0 unspecified atom stereocenters. The highest BCUT2D eigenvalue weighted by atomic mass is 32.1. The van der Waals surface area contributed by atoms with Gasteiger partial charge in [-0.25, -0.2) is 0 Å². The zero-order chi connectivity index (χ0) is 15.1. The van der Waals surface area contributed by atoms with Crippen molar-refractivity contribution in [2.45, 2.75) is 13.5 Å². The Bertz CT molecular complexity index is 631. The third kappa shape index (κ3) is 5.24. The van der Waals surface area contributed by atoms with Gasteiger partial charge in [0.1, 0.15) is 0 Å². The van der Waals surface area contributed by atoms with Crippen LogP contribution in [0.1, 0.15) is 17.4 Å². The lowest BCUT2D eigenvalue weighted by molar-refractivity contribution is -0.116. The highest BCUT2D eigenvalue weighted by Crippen LogP contribution is 2.11. The largest absolute Gasteiger partial charge is 0.348 e. The molecule has 0 saturated carbocycles. The van der Waals surface area contributed by atoms with Gasteiger partial charge in [-0.05, 0) is 35.2 Å². The minimum absolute atomic E-state index is 0.105. The first kappa shape index (κ1) is 15.0. The first-order valence-corrected chi connectivity index (χ1v) is 7.37. The van der Waals surface area contributed by atoms with Crippen LogP contribution in [0, 0.1) is 0 Å². The molecule has 1 heterocycles. The maximum absolute atomic E-state index is 11.7. The topological polar surface area (TPSA) is 58.2 Å². The quantitative estimate of drug-likeness (QED) is 0.834. The van der Waals surface area contributed by atoms with E-state index >= 15 is 0 Å². The van der Waals surface area contributed by atoms with Crippen LogP contribution >= 0.6 is 11.3 Å². The van der Waals surface area contributed by atoms with E-state index in [0.717, 1.165) is 16.1 Å². The van der Waals surface area contributed by atoms with Gasteiger partial charge in [-0.2, -0.15) is 0 Å². The fourth-order valence-corrected chi connectivity index (χ4v) is 2.34. The third-order valence-electron chi connectivity index (χ3n) is 2.68. The predicted octanol–water partition coefficient (Wildman–Crippen LogP) is 3.04. The average Bonchev–Trinajstić information content (AvgIpc) is 2.97. The summed E-state index contributed by atoms with van der Waals surface area (Å²) in [6, 6.07) is 11.2. The predicted molar refractivity (Wildman–Crippen MR) is 85.9 cm³/mol. The SMILES string of the molecule is CC(=O)Nc1ccc(C=CC(=O)NCc2cccs2)cc1. The lowest BCUT2D eigenvalue weighted by Gasteiger charge is -2.02. The molecule has 0 fully saturated rings. The van der Waals surface area contributed by atoms with Crippen molar-refractivity contribution in [2.24, 2.45) is 0 Å². The molecule has 2 N–H and O–H groups in total. The molecule has 0 aliphatic rings. The molecule has 0 aliphatic carbocycles. The number of hydrogen-bond acceptors (Lipinski definition) is 3. The van der Waals surface area contributed by atoms with E-state index in [1.165, 1.54) is 13.0 Å². The molecule has 2 aromatic rings. The maximum atomic E-state index is 11.7. The summed E-state index contributed by atoms with van der Waals surface area (Å²) < 4.78 is 0. The van der Waals surface area contributed by atoms with E-state index in [0.29, 0.717) is 6.54 Å². The first-order valence-electron chi connectivity index (χ1n) is 6.49. The van der Waals surface area contributed by atoms with Gasteiger partial charge in [-0.1, -0.05) is 18.2 Å². The fourth-order valence-electron chi connectivity index (χ4n) is 1.70. The van der Waals surface area contributed by atoms with Crippen LogP contribution in [0.15, 0.2) is 47.9 Å². The van der Waals surface area contributed by atoms with E-state index in [1.807, 2.05) is 29.6 Å². The van der Waals surface area contributed by atoms with Gasteiger partial charge in [0.25, 0.3) is 0 Å². The zero-order valence-corrected chi connectivity index (χ0v) is 12.4. The molecule has 2 rings (SSSR count). The minimum Gasteiger partial charge on any atom is -0.348 e. The van der Waals surface area contributed by atoms with Crippen molar-refractivity contribution in [3.63, 3.8) is 0 Å². The van der Waals surface area contributed by atoms with Crippen molar-refractivity contribution in [3.8, 4) is 0 Å².